The summed E-state index contributed by atoms with van der Waals surface area (Å²) in [6, 6.07) is 17.2. The Morgan fingerprint density at radius 1 is 1.00 bits per heavy atom. The molecule has 0 bridgehead atoms. The highest BCUT2D eigenvalue weighted by atomic mass is 16.5. The summed E-state index contributed by atoms with van der Waals surface area (Å²) in [4.78, 5) is 24.5. The Morgan fingerprint density at radius 3 is 2.39 bits per heavy atom. The molecule has 0 saturated heterocycles. The van der Waals surface area contributed by atoms with Gasteiger partial charge in [-0.15, -0.1) is 0 Å². The van der Waals surface area contributed by atoms with Gasteiger partial charge in [0.2, 0.25) is 0 Å². The number of ether oxygens (including phenoxy) is 3. The predicted octanol–water partition coefficient (Wildman–Crippen LogP) is 4.92. The van der Waals surface area contributed by atoms with Crippen molar-refractivity contribution < 1.29 is 28.2 Å². The summed E-state index contributed by atoms with van der Waals surface area (Å²) in [5, 5.41) is 12.0. The van der Waals surface area contributed by atoms with E-state index in [2.05, 4.69) is 5.32 Å². The summed E-state index contributed by atoms with van der Waals surface area (Å²) >= 11 is 0. The van der Waals surface area contributed by atoms with Crippen LogP contribution in [0.2, 0.25) is 0 Å². The van der Waals surface area contributed by atoms with Crippen LogP contribution in [-0.4, -0.2) is 25.1 Å². The van der Waals surface area contributed by atoms with Crippen molar-refractivity contribution >= 4 is 24.0 Å². The number of furan rings is 1. The summed E-state index contributed by atoms with van der Waals surface area (Å²) in [5.74, 6) is 1.08. The first-order valence-electron chi connectivity index (χ1n) is 11.3. The van der Waals surface area contributed by atoms with E-state index in [1.807, 2.05) is 26.0 Å². The van der Waals surface area contributed by atoms with Crippen LogP contribution < -0.4 is 19.5 Å². The predicted molar refractivity (Wildman–Crippen MR) is 134 cm³/mol. The van der Waals surface area contributed by atoms with Crippen molar-refractivity contribution in [2.75, 3.05) is 13.2 Å². The Labute approximate surface area is 209 Å². The number of nitrogens with one attached hydrogen (secondary N) is 1. The molecule has 1 N–H and O–H groups in total. The van der Waals surface area contributed by atoms with E-state index in [0.717, 1.165) is 5.56 Å². The average Bonchev–Trinajstić information content (AvgIpc) is 3.41. The van der Waals surface area contributed by atoms with Crippen molar-refractivity contribution in [3.8, 4) is 23.3 Å². The standard InChI is InChI=1S/C28H26N2O6/c1-3-33-25-13-9-21(17-26(25)34-4-2)10-14-27(31)36-23-11-7-20(8-12-23)16-22(18-29)28(32)30-19-24-6-5-15-35-24/h5-17H,3-4,19H2,1-2H3,(H,30,32)/b14-10+,22-16+. The highest BCUT2D eigenvalue weighted by molar-refractivity contribution is 6.01. The van der Waals surface area contributed by atoms with E-state index in [-0.39, 0.29) is 12.1 Å². The van der Waals surface area contributed by atoms with Gasteiger partial charge in [-0.2, -0.15) is 5.26 Å². The van der Waals surface area contributed by atoms with Crippen molar-refractivity contribution in [2.45, 2.75) is 20.4 Å². The van der Waals surface area contributed by atoms with Crippen LogP contribution >= 0.6 is 0 Å². The molecule has 0 radical (unpaired) electrons. The summed E-state index contributed by atoms with van der Waals surface area (Å²) in [6.45, 7) is 4.97. The van der Waals surface area contributed by atoms with Crippen molar-refractivity contribution in [2.24, 2.45) is 0 Å². The molecule has 0 aliphatic heterocycles. The van der Waals surface area contributed by atoms with Gasteiger partial charge in [-0.05, 0) is 73.5 Å². The molecule has 1 amide bonds. The number of carbonyl (C=O) groups excluding carboxylic acids is 2. The molecule has 8 nitrogen and oxygen atoms in total. The fraction of sp³-hybridized carbons (Fsp3) is 0.179. The lowest BCUT2D eigenvalue weighted by Crippen LogP contribution is -2.23. The van der Waals surface area contributed by atoms with Crippen LogP contribution in [0.5, 0.6) is 17.2 Å². The van der Waals surface area contributed by atoms with Gasteiger partial charge in [-0.1, -0.05) is 18.2 Å². The number of hydrogen-bond acceptors (Lipinski definition) is 7. The number of rotatable bonds is 11. The minimum atomic E-state index is -0.555. The lowest BCUT2D eigenvalue weighted by atomic mass is 10.1. The van der Waals surface area contributed by atoms with Crippen LogP contribution in [0.3, 0.4) is 0 Å². The second-order valence-corrected chi connectivity index (χ2v) is 7.33. The van der Waals surface area contributed by atoms with Gasteiger partial charge >= 0.3 is 5.97 Å². The highest BCUT2D eigenvalue weighted by Crippen LogP contribution is 2.29. The molecule has 0 unspecified atom stereocenters. The lowest BCUT2D eigenvalue weighted by Gasteiger charge is -2.11. The molecule has 3 aromatic rings. The van der Waals surface area contributed by atoms with E-state index >= 15 is 0 Å². The van der Waals surface area contributed by atoms with Crippen LogP contribution in [0.1, 0.15) is 30.7 Å². The Bertz CT molecular complexity index is 1270. The Morgan fingerprint density at radius 2 is 1.72 bits per heavy atom. The third kappa shape index (κ3) is 7.64. The lowest BCUT2D eigenvalue weighted by molar-refractivity contribution is -0.128. The van der Waals surface area contributed by atoms with Crippen LogP contribution in [0.25, 0.3) is 12.2 Å². The van der Waals surface area contributed by atoms with E-state index in [9.17, 15) is 14.9 Å². The maximum atomic E-state index is 12.3. The number of carbonyl (C=O) groups is 2. The zero-order valence-electron chi connectivity index (χ0n) is 20.0. The minimum absolute atomic E-state index is 0.0592. The number of esters is 1. The zero-order valence-corrected chi connectivity index (χ0v) is 20.0. The number of benzene rings is 2. The summed E-state index contributed by atoms with van der Waals surface area (Å²) in [5.41, 5.74) is 1.30. The first kappa shape index (κ1) is 25.8. The molecule has 0 fully saturated rings. The molecule has 0 spiro atoms. The molecular formula is C28H26N2O6. The van der Waals surface area contributed by atoms with Crippen LogP contribution in [-0.2, 0) is 16.1 Å². The van der Waals surface area contributed by atoms with E-state index < -0.39 is 11.9 Å². The van der Waals surface area contributed by atoms with Gasteiger partial charge in [0.1, 0.15) is 23.2 Å². The Hall–Kier alpha value is -4.77. The topological polar surface area (TPSA) is 111 Å². The Kier molecular flexibility index (Phi) is 9.48. The van der Waals surface area contributed by atoms with E-state index in [0.29, 0.717) is 41.8 Å². The van der Waals surface area contributed by atoms with E-state index in [1.165, 1.54) is 18.4 Å². The largest absolute Gasteiger partial charge is 0.490 e. The maximum absolute atomic E-state index is 12.3. The van der Waals surface area contributed by atoms with Crippen LogP contribution in [0.4, 0.5) is 0 Å². The molecular weight excluding hydrogens is 460 g/mol. The van der Waals surface area contributed by atoms with Crippen molar-refractivity contribution in [3.63, 3.8) is 0 Å². The number of hydrogen-bond donors (Lipinski definition) is 1. The van der Waals surface area contributed by atoms with Gasteiger partial charge < -0.3 is 23.9 Å². The maximum Gasteiger partial charge on any atom is 0.336 e. The molecule has 0 aliphatic carbocycles. The summed E-state index contributed by atoms with van der Waals surface area (Å²) < 4.78 is 21.6. The SMILES string of the molecule is CCOc1ccc(/C=C/C(=O)Oc2ccc(/C=C(\C#N)C(=O)NCc3ccco3)cc2)cc1OCC. The number of nitrogens with zero attached hydrogens (tertiary/aromatic N) is 1. The first-order valence-corrected chi connectivity index (χ1v) is 11.3. The normalized spacial score (nSPS) is 11.1. The molecule has 0 atom stereocenters. The van der Waals surface area contributed by atoms with Gasteiger partial charge in [-0.25, -0.2) is 4.79 Å². The smallest absolute Gasteiger partial charge is 0.336 e. The molecule has 3 rings (SSSR count). The number of amides is 1. The monoisotopic (exact) mass is 486 g/mol. The van der Waals surface area contributed by atoms with Gasteiger partial charge in [-0.3, -0.25) is 4.79 Å². The number of nitriles is 1. The van der Waals surface area contributed by atoms with Crippen LogP contribution in [0, 0.1) is 11.3 Å². The van der Waals surface area contributed by atoms with Gasteiger partial charge in [0.15, 0.2) is 11.5 Å². The minimum Gasteiger partial charge on any atom is -0.490 e. The molecule has 0 saturated carbocycles. The van der Waals surface area contributed by atoms with Gasteiger partial charge in [0, 0.05) is 6.08 Å². The second kappa shape index (κ2) is 13.2. The van der Waals surface area contributed by atoms with E-state index in [4.69, 9.17) is 18.6 Å². The van der Waals surface area contributed by atoms with Crippen molar-refractivity contribution in [3.05, 3.63) is 89.4 Å². The second-order valence-electron chi connectivity index (χ2n) is 7.33. The van der Waals surface area contributed by atoms with Crippen LogP contribution in [0.15, 0.2) is 76.9 Å². The third-order valence-electron chi connectivity index (χ3n) is 4.76. The molecule has 0 aliphatic rings. The molecule has 8 heteroatoms. The molecule has 1 heterocycles. The Balaban J connectivity index is 1.59. The van der Waals surface area contributed by atoms with Gasteiger partial charge in [0.25, 0.3) is 5.91 Å². The van der Waals surface area contributed by atoms with Gasteiger partial charge in [0.05, 0.1) is 26.0 Å². The highest BCUT2D eigenvalue weighted by Gasteiger charge is 2.10. The zero-order chi connectivity index (χ0) is 25.8. The third-order valence-corrected chi connectivity index (χ3v) is 4.76. The van der Waals surface area contributed by atoms with Crippen molar-refractivity contribution in [1.29, 1.82) is 5.26 Å². The fourth-order valence-corrected chi connectivity index (χ4v) is 3.11. The first-order chi connectivity index (χ1) is 17.5. The molecule has 184 valence electrons. The van der Waals surface area contributed by atoms with E-state index in [1.54, 1.807) is 54.6 Å². The molecule has 2 aromatic carbocycles. The average molecular weight is 487 g/mol. The molecule has 36 heavy (non-hydrogen) atoms. The fourth-order valence-electron chi connectivity index (χ4n) is 3.11. The summed E-state index contributed by atoms with van der Waals surface area (Å²) in [6.07, 6.45) is 5.89. The summed E-state index contributed by atoms with van der Waals surface area (Å²) in [7, 11) is 0. The quantitative estimate of drug-likeness (QED) is 0.177. The van der Waals surface area contributed by atoms with Crippen molar-refractivity contribution in [1.82, 2.24) is 5.32 Å². The molecule has 1 aromatic heterocycles.